The van der Waals surface area contributed by atoms with Crippen LogP contribution in [0.25, 0.3) is 0 Å². The third-order valence-electron chi connectivity index (χ3n) is 0.520. The summed E-state index contributed by atoms with van der Waals surface area (Å²) in [6, 6.07) is 0. The van der Waals surface area contributed by atoms with Crippen LogP contribution in [-0.2, 0) is 10.1 Å². The predicted octanol–water partition coefficient (Wildman–Crippen LogP) is -4.54. The number of rotatable bonds is 2. The van der Waals surface area contributed by atoms with Crippen LogP contribution in [0.15, 0.2) is 0 Å². The fourth-order valence-corrected chi connectivity index (χ4v) is 0. The second kappa shape index (κ2) is 11.5. The van der Waals surface area contributed by atoms with E-state index >= 15 is 0 Å². The molecule has 4 N–H and O–H groups in total. The van der Waals surface area contributed by atoms with Crippen molar-refractivity contribution in [2.24, 2.45) is 11.5 Å². The Bertz CT molecular complexity index is 145. The average Bonchev–Trinajstić information content (AvgIpc) is 1.87. The minimum absolute atomic E-state index is 0. The number of nitrogens with two attached hydrogens (primary N) is 2. The molecule has 7 heteroatoms. The molecule has 0 radical (unpaired) electrons. The van der Waals surface area contributed by atoms with Crippen molar-refractivity contribution in [3.63, 3.8) is 0 Å². The number of hydrogen-bond donors (Lipinski definition) is 2. The maximum Gasteiger partial charge on any atom is 1.00 e. The van der Waals surface area contributed by atoms with Gasteiger partial charge in [0.1, 0.15) is 0 Å². The van der Waals surface area contributed by atoms with Gasteiger partial charge < -0.3 is 16.0 Å². The van der Waals surface area contributed by atoms with Crippen molar-refractivity contribution in [3.8, 4) is 0 Å². The first-order valence-electron chi connectivity index (χ1n) is 2.81. The van der Waals surface area contributed by atoms with Crippen LogP contribution in [0.1, 0.15) is 6.92 Å². The molecule has 0 amide bonds. The quantitative estimate of drug-likeness (QED) is 0.351. The van der Waals surface area contributed by atoms with Crippen molar-refractivity contribution in [2.45, 2.75) is 6.92 Å². The summed E-state index contributed by atoms with van der Waals surface area (Å²) in [5, 5.41) is 0. The van der Waals surface area contributed by atoms with Gasteiger partial charge >= 0.3 is 51.4 Å². The summed E-state index contributed by atoms with van der Waals surface area (Å²) in [5.74, 6) is -0.312. The van der Waals surface area contributed by atoms with Crippen molar-refractivity contribution < 1.29 is 64.4 Å². The Morgan fingerprint density at radius 3 is 1.45 bits per heavy atom. The Morgan fingerprint density at radius 2 is 1.45 bits per heavy atom. The fraction of sp³-hybridized carbons (Fsp3) is 1.00. The van der Waals surface area contributed by atoms with E-state index in [4.69, 9.17) is 11.5 Å². The molecule has 0 atom stereocenters. The molecule has 5 nitrogen and oxygen atoms in total. The van der Waals surface area contributed by atoms with Crippen molar-refractivity contribution >= 4 is 10.1 Å². The molecule has 0 unspecified atom stereocenters. The molecule has 11 heavy (non-hydrogen) atoms. The summed E-state index contributed by atoms with van der Waals surface area (Å²) in [5.41, 5.74) is 9.81. The SMILES string of the molecule is CCS(=O)(=O)[O-].NCCN.[K+]. The fourth-order valence-electron chi connectivity index (χ4n) is 0. The Balaban J connectivity index is -0.000000114. The van der Waals surface area contributed by atoms with Crippen molar-refractivity contribution in [1.82, 2.24) is 0 Å². The topological polar surface area (TPSA) is 109 Å². The van der Waals surface area contributed by atoms with Crippen LogP contribution in [-0.4, -0.2) is 31.8 Å². The van der Waals surface area contributed by atoms with E-state index in [0.29, 0.717) is 13.1 Å². The van der Waals surface area contributed by atoms with E-state index in [-0.39, 0.29) is 57.1 Å². The maximum absolute atomic E-state index is 9.44. The van der Waals surface area contributed by atoms with E-state index in [9.17, 15) is 13.0 Å². The van der Waals surface area contributed by atoms with Crippen LogP contribution < -0.4 is 62.9 Å². The predicted molar refractivity (Wildman–Crippen MR) is 38.3 cm³/mol. The third-order valence-corrected chi connectivity index (χ3v) is 1.23. The molecule has 0 aliphatic heterocycles. The standard InChI is InChI=1S/C2H8N2.C2H6O3S.K/c3-1-2-4;1-2-6(3,4)5;/h1-4H2;2H2,1H3,(H,3,4,5);/q;;+1/p-1. The van der Waals surface area contributed by atoms with Crippen LogP contribution in [0.2, 0.25) is 0 Å². The molecule has 0 spiro atoms. The van der Waals surface area contributed by atoms with Gasteiger partial charge in [-0.15, -0.1) is 0 Å². The zero-order valence-electron chi connectivity index (χ0n) is 6.91. The van der Waals surface area contributed by atoms with Crippen LogP contribution in [0, 0.1) is 0 Å². The first kappa shape index (κ1) is 18.3. The molecule has 0 aromatic rings. The minimum atomic E-state index is -3.91. The van der Waals surface area contributed by atoms with Crippen molar-refractivity contribution in [2.75, 3.05) is 18.8 Å². The summed E-state index contributed by atoms with van der Waals surface area (Å²) in [6.45, 7) is 2.50. The molecule has 0 aromatic carbocycles. The molecule has 0 saturated heterocycles. The summed E-state index contributed by atoms with van der Waals surface area (Å²) >= 11 is 0. The average molecular weight is 208 g/mol. The van der Waals surface area contributed by atoms with Crippen LogP contribution in [0.5, 0.6) is 0 Å². The van der Waals surface area contributed by atoms with Gasteiger partial charge in [0.15, 0.2) is 0 Å². The van der Waals surface area contributed by atoms with Crippen molar-refractivity contribution in [3.05, 3.63) is 0 Å². The molecule has 0 aliphatic carbocycles. The van der Waals surface area contributed by atoms with Crippen LogP contribution in [0.3, 0.4) is 0 Å². The molecule has 0 rings (SSSR count). The summed E-state index contributed by atoms with van der Waals surface area (Å²) < 4.78 is 28.3. The van der Waals surface area contributed by atoms with Crippen LogP contribution >= 0.6 is 0 Å². The van der Waals surface area contributed by atoms with Gasteiger partial charge in [-0.05, 0) is 0 Å². The molecular weight excluding hydrogens is 195 g/mol. The number of hydrogen-bond acceptors (Lipinski definition) is 5. The van der Waals surface area contributed by atoms with E-state index in [0.717, 1.165) is 0 Å². The Hall–Kier alpha value is 1.47. The summed E-state index contributed by atoms with van der Waals surface area (Å²) in [4.78, 5) is 0. The first-order valence-corrected chi connectivity index (χ1v) is 4.39. The molecule has 0 bridgehead atoms. The molecule has 0 saturated carbocycles. The largest absolute Gasteiger partial charge is 1.00 e. The van der Waals surface area contributed by atoms with Gasteiger partial charge in [0.2, 0.25) is 0 Å². The molecule has 0 aliphatic rings. The molecule has 0 fully saturated rings. The Labute approximate surface area is 110 Å². The van der Waals surface area contributed by atoms with E-state index in [1.165, 1.54) is 6.92 Å². The van der Waals surface area contributed by atoms with Crippen LogP contribution in [0.4, 0.5) is 0 Å². The van der Waals surface area contributed by atoms with E-state index in [2.05, 4.69) is 0 Å². The van der Waals surface area contributed by atoms with Gasteiger partial charge in [-0.1, -0.05) is 6.92 Å². The van der Waals surface area contributed by atoms with Gasteiger partial charge in [-0.2, -0.15) is 0 Å². The zero-order chi connectivity index (χ0) is 8.62. The third kappa shape index (κ3) is 34.4. The van der Waals surface area contributed by atoms with E-state index < -0.39 is 10.1 Å². The molecule has 0 heterocycles. The van der Waals surface area contributed by atoms with Gasteiger partial charge in [0.25, 0.3) is 0 Å². The first-order chi connectivity index (χ1) is 4.47. The van der Waals surface area contributed by atoms with Crippen molar-refractivity contribution in [1.29, 1.82) is 0 Å². The Kier molecular flexibility index (Phi) is 19.1. The second-order valence-corrected chi connectivity index (χ2v) is 3.12. The molecular formula is C4H13KN2O3S. The van der Waals surface area contributed by atoms with Gasteiger partial charge in [0.05, 0.1) is 10.1 Å². The normalized spacial score (nSPS) is 9.09. The second-order valence-electron chi connectivity index (χ2n) is 1.42. The molecule has 64 valence electrons. The van der Waals surface area contributed by atoms with Gasteiger partial charge in [-0.3, -0.25) is 0 Å². The van der Waals surface area contributed by atoms with E-state index in [1.54, 1.807) is 0 Å². The monoisotopic (exact) mass is 208 g/mol. The van der Waals surface area contributed by atoms with Gasteiger partial charge in [0, 0.05) is 18.8 Å². The smallest absolute Gasteiger partial charge is 0.748 e. The summed E-state index contributed by atoms with van der Waals surface area (Å²) in [7, 11) is -3.91. The van der Waals surface area contributed by atoms with E-state index in [1.807, 2.05) is 0 Å². The Morgan fingerprint density at radius 1 is 1.27 bits per heavy atom. The maximum atomic E-state index is 9.44. The minimum Gasteiger partial charge on any atom is -0.748 e. The zero-order valence-corrected chi connectivity index (χ0v) is 10.8. The molecule has 0 aromatic heterocycles. The summed E-state index contributed by atoms with van der Waals surface area (Å²) in [6.07, 6.45) is 0. The van der Waals surface area contributed by atoms with Gasteiger partial charge in [-0.25, -0.2) is 8.42 Å².